The van der Waals surface area contributed by atoms with E-state index in [1.165, 1.54) is 0 Å². The molecule has 0 atom stereocenters. The Morgan fingerprint density at radius 2 is 1.90 bits per heavy atom. The van der Waals surface area contributed by atoms with Crippen LogP contribution >= 0.6 is 0 Å². The summed E-state index contributed by atoms with van der Waals surface area (Å²) in [5.74, 6) is 0. The third kappa shape index (κ3) is 2.02. The fourth-order valence-electron chi connectivity index (χ4n) is 2.39. The molecule has 0 N–H and O–H groups in total. The van der Waals surface area contributed by atoms with Crippen LogP contribution in [0.1, 0.15) is 16.8 Å². The molecule has 3 heteroatoms. The van der Waals surface area contributed by atoms with Crippen LogP contribution in [0.5, 0.6) is 0 Å². The zero-order valence-corrected chi connectivity index (χ0v) is 11.4. The molecule has 96 valence electrons. The Hall–Kier alpha value is -2.73. The Labute approximate surface area is 117 Å². The Morgan fingerprint density at radius 1 is 1.10 bits per heavy atom. The molecule has 0 aliphatic heterocycles. The molecule has 0 amide bonds. The molecule has 0 aliphatic carbocycles. The van der Waals surface area contributed by atoms with Gasteiger partial charge in [-0.1, -0.05) is 18.2 Å². The first-order valence-electron chi connectivity index (χ1n) is 6.42. The number of hydrogen-bond acceptors (Lipinski definition) is 3. The Morgan fingerprint density at radius 3 is 2.70 bits per heavy atom. The minimum atomic E-state index is 0.618. The van der Waals surface area contributed by atoms with Gasteiger partial charge in [0.25, 0.3) is 0 Å². The monoisotopic (exact) mass is 259 g/mol. The molecule has 2 aromatic heterocycles. The number of nitriles is 1. The van der Waals surface area contributed by atoms with Crippen molar-refractivity contribution in [3.8, 4) is 17.3 Å². The first kappa shape index (κ1) is 12.3. The fourth-order valence-corrected chi connectivity index (χ4v) is 2.39. The lowest BCUT2D eigenvalue weighted by Gasteiger charge is -2.08. The van der Waals surface area contributed by atoms with E-state index in [0.29, 0.717) is 11.3 Å². The topological polar surface area (TPSA) is 49.6 Å². The quantitative estimate of drug-likeness (QED) is 0.668. The molecule has 0 spiro atoms. The summed E-state index contributed by atoms with van der Waals surface area (Å²) in [6.45, 7) is 3.87. The molecule has 0 aliphatic rings. The number of pyridine rings is 2. The van der Waals surface area contributed by atoms with Crippen LogP contribution in [0.2, 0.25) is 0 Å². The van der Waals surface area contributed by atoms with Gasteiger partial charge in [0.2, 0.25) is 0 Å². The molecule has 0 fully saturated rings. The lowest BCUT2D eigenvalue weighted by molar-refractivity contribution is 1.16. The van der Waals surface area contributed by atoms with E-state index in [0.717, 1.165) is 27.7 Å². The van der Waals surface area contributed by atoms with Gasteiger partial charge < -0.3 is 0 Å². The van der Waals surface area contributed by atoms with Crippen molar-refractivity contribution in [2.24, 2.45) is 0 Å². The summed E-state index contributed by atoms with van der Waals surface area (Å²) in [6, 6.07) is 14.1. The number of aryl methyl sites for hydroxylation is 2. The maximum atomic E-state index is 9.35. The number of hydrogen-bond donors (Lipinski definition) is 0. The number of fused-ring (bicyclic) bond motifs is 1. The molecule has 0 saturated heterocycles. The Kier molecular flexibility index (Phi) is 2.92. The third-order valence-corrected chi connectivity index (χ3v) is 3.32. The zero-order chi connectivity index (χ0) is 14.1. The van der Waals surface area contributed by atoms with E-state index in [1.54, 1.807) is 6.20 Å². The fraction of sp³-hybridized carbons (Fsp3) is 0.118. The van der Waals surface area contributed by atoms with Crippen molar-refractivity contribution in [3.05, 3.63) is 59.4 Å². The van der Waals surface area contributed by atoms with Gasteiger partial charge in [-0.05, 0) is 37.6 Å². The predicted molar refractivity (Wildman–Crippen MR) is 79.2 cm³/mol. The van der Waals surface area contributed by atoms with Crippen molar-refractivity contribution in [1.82, 2.24) is 9.97 Å². The predicted octanol–water partition coefficient (Wildman–Crippen LogP) is 3.79. The molecule has 20 heavy (non-hydrogen) atoms. The van der Waals surface area contributed by atoms with E-state index in [-0.39, 0.29) is 0 Å². The largest absolute Gasteiger partial charge is 0.256 e. The maximum absolute atomic E-state index is 9.35. The SMILES string of the molecule is Cc1cc(C)c(C#N)c(-c2cnc3ccccc3c2)n1. The van der Waals surface area contributed by atoms with Crippen molar-refractivity contribution in [3.63, 3.8) is 0 Å². The van der Waals surface area contributed by atoms with E-state index in [1.807, 2.05) is 50.2 Å². The van der Waals surface area contributed by atoms with Crippen LogP contribution in [-0.2, 0) is 0 Å². The molecule has 0 saturated carbocycles. The molecule has 3 aromatic rings. The van der Waals surface area contributed by atoms with Crippen LogP contribution in [0.3, 0.4) is 0 Å². The second-order valence-electron chi connectivity index (χ2n) is 4.83. The van der Waals surface area contributed by atoms with E-state index in [9.17, 15) is 5.26 Å². The minimum absolute atomic E-state index is 0.618. The third-order valence-electron chi connectivity index (χ3n) is 3.32. The lowest BCUT2D eigenvalue weighted by Crippen LogP contribution is -1.96. The second-order valence-corrected chi connectivity index (χ2v) is 4.83. The van der Waals surface area contributed by atoms with Crippen LogP contribution in [-0.4, -0.2) is 9.97 Å². The Balaban J connectivity index is 2.28. The van der Waals surface area contributed by atoms with Crippen molar-refractivity contribution >= 4 is 10.9 Å². The van der Waals surface area contributed by atoms with Crippen molar-refractivity contribution in [2.45, 2.75) is 13.8 Å². The number of nitrogens with zero attached hydrogens (tertiary/aromatic N) is 3. The van der Waals surface area contributed by atoms with Crippen LogP contribution in [0.4, 0.5) is 0 Å². The molecule has 0 bridgehead atoms. The standard InChI is InChI=1S/C17H13N3/c1-11-7-12(2)20-17(15(11)9-18)14-8-13-5-3-4-6-16(13)19-10-14/h3-8,10H,1-2H3. The first-order chi connectivity index (χ1) is 9.69. The number of para-hydroxylation sites is 1. The highest BCUT2D eigenvalue weighted by Crippen LogP contribution is 2.26. The first-order valence-corrected chi connectivity index (χ1v) is 6.42. The molecule has 0 radical (unpaired) electrons. The van der Waals surface area contributed by atoms with E-state index in [4.69, 9.17) is 0 Å². The molecule has 3 rings (SSSR count). The van der Waals surface area contributed by atoms with Gasteiger partial charge in [0.05, 0.1) is 16.8 Å². The smallest absolute Gasteiger partial charge is 0.102 e. The number of benzene rings is 1. The lowest BCUT2D eigenvalue weighted by atomic mass is 10.0. The normalized spacial score (nSPS) is 10.4. The zero-order valence-electron chi connectivity index (χ0n) is 11.4. The average Bonchev–Trinajstić information content (AvgIpc) is 2.46. The van der Waals surface area contributed by atoms with Crippen LogP contribution in [0, 0.1) is 25.2 Å². The summed E-state index contributed by atoms with van der Waals surface area (Å²) in [7, 11) is 0. The van der Waals surface area contributed by atoms with Crippen molar-refractivity contribution in [1.29, 1.82) is 5.26 Å². The van der Waals surface area contributed by atoms with Gasteiger partial charge in [-0.25, -0.2) is 0 Å². The summed E-state index contributed by atoms with van der Waals surface area (Å²) in [4.78, 5) is 8.96. The van der Waals surface area contributed by atoms with Crippen LogP contribution in [0.15, 0.2) is 42.6 Å². The maximum Gasteiger partial charge on any atom is 0.102 e. The minimum Gasteiger partial charge on any atom is -0.256 e. The highest BCUT2D eigenvalue weighted by Gasteiger charge is 2.11. The number of rotatable bonds is 1. The van der Waals surface area contributed by atoms with E-state index < -0.39 is 0 Å². The van der Waals surface area contributed by atoms with Gasteiger partial charge in [-0.3, -0.25) is 9.97 Å². The molecule has 0 unspecified atom stereocenters. The summed E-state index contributed by atoms with van der Waals surface area (Å²) < 4.78 is 0. The van der Waals surface area contributed by atoms with Gasteiger partial charge in [-0.2, -0.15) is 5.26 Å². The number of aromatic nitrogens is 2. The summed E-state index contributed by atoms with van der Waals surface area (Å²) >= 11 is 0. The van der Waals surface area contributed by atoms with Gasteiger partial charge in [0.1, 0.15) is 6.07 Å². The van der Waals surface area contributed by atoms with Crippen LogP contribution < -0.4 is 0 Å². The van der Waals surface area contributed by atoms with Gasteiger partial charge in [0.15, 0.2) is 0 Å². The van der Waals surface area contributed by atoms with E-state index >= 15 is 0 Å². The van der Waals surface area contributed by atoms with Crippen molar-refractivity contribution < 1.29 is 0 Å². The average molecular weight is 259 g/mol. The molecule has 1 aromatic carbocycles. The Bertz CT molecular complexity index is 844. The van der Waals surface area contributed by atoms with Gasteiger partial charge >= 0.3 is 0 Å². The summed E-state index contributed by atoms with van der Waals surface area (Å²) in [5.41, 5.74) is 5.01. The molecular formula is C17H13N3. The summed E-state index contributed by atoms with van der Waals surface area (Å²) in [6.07, 6.45) is 1.78. The molecular weight excluding hydrogens is 246 g/mol. The van der Waals surface area contributed by atoms with E-state index in [2.05, 4.69) is 16.0 Å². The highest BCUT2D eigenvalue weighted by atomic mass is 14.7. The van der Waals surface area contributed by atoms with Crippen molar-refractivity contribution in [2.75, 3.05) is 0 Å². The summed E-state index contributed by atoms with van der Waals surface area (Å²) in [5, 5.41) is 10.4. The van der Waals surface area contributed by atoms with Gasteiger partial charge in [0, 0.05) is 22.8 Å². The van der Waals surface area contributed by atoms with Gasteiger partial charge in [-0.15, -0.1) is 0 Å². The highest BCUT2D eigenvalue weighted by molar-refractivity contribution is 5.83. The van der Waals surface area contributed by atoms with Crippen LogP contribution in [0.25, 0.3) is 22.2 Å². The molecule has 3 nitrogen and oxygen atoms in total. The second kappa shape index (κ2) is 4.75. The molecule has 2 heterocycles.